The average molecular weight is 351 g/mol. The van der Waals surface area contributed by atoms with Crippen LogP contribution in [0.3, 0.4) is 0 Å². The molecular formula is C16H15ClN2O3S. The molecule has 1 N–H and O–H groups in total. The lowest BCUT2D eigenvalue weighted by Crippen LogP contribution is -2.22. The van der Waals surface area contributed by atoms with Crippen molar-refractivity contribution in [3.8, 4) is 0 Å². The summed E-state index contributed by atoms with van der Waals surface area (Å²) in [6.45, 7) is 3.39. The van der Waals surface area contributed by atoms with Crippen molar-refractivity contribution < 1.29 is 9.72 Å². The molecule has 2 rings (SSSR count). The standard InChI is InChI=1S/C16H15ClN2O3S/c1-10-14(4-3-5-15(10)19(21)22)18-16(20)11(2)23-13-8-6-12(17)7-9-13/h3-9,11H,1-2H3,(H,18,20). The van der Waals surface area contributed by atoms with E-state index in [2.05, 4.69) is 5.32 Å². The minimum Gasteiger partial charge on any atom is -0.325 e. The second-order valence-electron chi connectivity index (χ2n) is 4.91. The van der Waals surface area contributed by atoms with Crippen LogP contribution >= 0.6 is 23.4 Å². The molecule has 0 aliphatic carbocycles. The first-order valence-corrected chi connectivity index (χ1v) is 8.11. The summed E-state index contributed by atoms with van der Waals surface area (Å²) >= 11 is 7.22. The molecule has 0 aliphatic rings. The van der Waals surface area contributed by atoms with E-state index in [9.17, 15) is 14.9 Å². The molecule has 2 aromatic carbocycles. The van der Waals surface area contributed by atoms with E-state index in [1.54, 1.807) is 38.1 Å². The quantitative estimate of drug-likeness (QED) is 0.483. The van der Waals surface area contributed by atoms with E-state index in [0.29, 0.717) is 16.3 Å². The third-order valence-electron chi connectivity index (χ3n) is 3.26. The molecule has 0 aliphatic heterocycles. The highest BCUT2D eigenvalue weighted by atomic mass is 35.5. The van der Waals surface area contributed by atoms with Gasteiger partial charge in [0.25, 0.3) is 5.69 Å². The summed E-state index contributed by atoms with van der Waals surface area (Å²) in [6.07, 6.45) is 0. The summed E-state index contributed by atoms with van der Waals surface area (Å²) in [4.78, 5) is 23.7. The maximum absolute atomic E-state index is 12.3. The van der Waals surface area contributed by atoms with Crippen molar-refractivity contribution in [3.63, 3.8) is 0 Å². The summed E-state index contributed by atoms with van der Waals surface area (Å²) in [5.74, 6) is -0.214. The summed E-state index contributed by atoms with van der Waals surface area (Å²) in [6, 6.07) is 11.8. The third-order valence-corrected chi connectivity index (χ3v) is 4.62. The number of nitrogens with one attached hydrogen (secondary N) is 1. The van der Waals surface area contributed by atoms with Gasteiger partial charge in [-0.05, 0) is 44.2 Å². The maximum Gasteiger partial charge on any atom is 0.274 e. The molecule has 0 radical (unpaired) electrons. The van der Waals surface area contributed by atoms with Gasteiger partial charge in [0.15, 0.2) is 0 Å². The number of anilines is 1. The topological polar surface area (TPSA) is 72.2 Å². The van der Waals surface area contributed by atoms with Crippen LogP contribution in [0, 0.1) is 17.0 Å². The zero-order valence-electron chi connectivity index (χ0n) is 12.6. The molecule has 0 fully saturated rings. The largest absolute Gasteiger partial charge is 0.325 e. The van der Waals surface area contributed by atoms with Crippen LogP contribution in [0.4, 0.5) is 11.4 Å². The van der Waals surface area contributed by atoms with Gasteiger partial charge < -0.3 is 5.32 Å². The van der Waals surface area contributed by atoms with Gasteiger partial charge in [0.05, 0.1) is 21.4 Å². The third kappa shape index (κ3) is 4.46. The van der Waals surface area contributed by atoms with Gasteiger partial charge in [0.2, 0.25) is 5.91 Å². The number of nitro groups is 1. The molecule has 0 spiro atoms. The second-order valence-corrected chi connectivity index (χ2v) is 6.76. The Balaban J connectivity index is 2.08. The van der Waals surface area contributed by atoms with Gasteiger partial charge in [-0.3, -0.25) is 14.9 Å². The Morgan fingerprint density at radius 2 is 1.91 bits per heavy atom. The number of thioether (sulfide) groups is 1. The monoisotopic (exact) mass is 350 g/mol. The number of halogens is 1. The molecule has 0 aromatic heterocycles. The molecule has 0 bridgehead atoms. The Morgan fingerprint density at radius 3 is 2.52 bits per heavy atom. The zero-order chi connectivity index (χ0) is 17.0. The number of hydrogen-bond acceptors (Lipinski definition) is 4. The Kier molecular flexibility index (Phi) is 5.63. The number of hydrogen-bond donors (Lipinski definition) is 1. The predicted octanol–water partition coefficient (Wildman–Crippen LogP) is 4.68. The molecule has 7 heteroatoms. The normalized spacial score (nSPS) is 11.8. The van der Waals surface area contributed by atoms with E-state index in [0.717, 1.165) is 4.90 Å². The Bertz CT molecular complexity index is 735. The molecule has 5 nitrogen and oxygen atoms in total. The zero-order valence-corrected chi connectivity index (χ0v) is 14.1. The highest BCUT2D eigenvalue weighted by Crippen LogP contribution is 2.28. The number of carbonyl (C=O) groups is 1. The van der Waals surface area contributed by atoms with Crippen LogP contribution in [0.2, 0.25) is 5.02 Å². The summed E-state index contributed by atoms with van der Waals surface area (Å²) in [5.41, 5.74) is 0.878. The molecule has 23 heavy (non-hydrogen) atoms. The summed E-state index contributed by atoms with van der Waals surface area (Å²) in [5, 5.41) is 14.0. The van der Waals surface area contributed by atoms with Crippen molar-refractivity contribution >= 4 is 40.6 Å². The number of benzene rings is 2. The van der Waals surface area contributed by atoms with Crippen molar-refractivity contribution in [1.82, 2.24) is 0 Å². The lowest BCUT2D eigenvalue weighted by Gasteiger charge is -2.13. The summed E-state index contributed by atoms with van der Waals surface area (Å²) in [7, 11) is 0. The Morgan fingerprint density at radius 1 is 1.26 bits per heavy atom. The van der Waals surface area contributed by atoms with Gasteiger partial charge in [-0.1, -0.05) is 17.7 Å². The van der Waals surface area contributed by atoms with Crippen LogP contribution in [0.15, 0.2) is 47.4 Å². The number of nitro benzene ring substituents is 1. The van der Waals surface area contributed by atoms with Gasteiger partial charge in [0, 0.05) is 16.0 Å². The van der Waals surface area contributed by atoms with E-state index in [4.69, 9.17) is 11.6 Å². The lowest BCUT2D eigenvalue weighted by molar-refractivity contribution is -0.385. The van der Waals surface area contributed by atoms with Crippen molar-refractivity contribution in [2.75, 3.05) is 5.32 Å². The van der Waals surface area contributed by atoms with Gasteiger partial charge in [-0.15, -0.1) is 11.8 Å². The first-order chi connectivity index (χ1) is 10.9. The number of carbonyl (C=O) groups excluding carboxylic acids is 1. The number of amides is 1. The van der Waals surface area contributed by atoms with Crippen molar-refractivity contribution in [1.29, 1.82) is 0 Å². The van der Waals surface area contributed by atoms with Gasteiger partial charge >= 0.3 is 0 Å². The fourth-order valence-electron chi connectivity index (χ4n) is 1.96. The Labute approximate surface area is 143 Å². The summed E-state index contributed by atoms with van der Waals surface area (Å²) < 4.78 is 0. The lowest BCUT2D eigenvalue weighted by atomic mass is 10.1. The van der Waals surface area contributed by atoms with E-state index in [1.165, 1.54) is 17.8 Å². The van der Waals surface area contributed by atoms with E-state index >= 15 is 0 Å². The predicted molar refractivity (Wildman–Crippen MR) is 93.2 cm³/mol. The fourth-order valence-corrected chi connectivity index (χ4v) is 2.96. The molecule has 0 heterocycles. The number of nitrogens with zero attached hydrogens (tertiary/aromatic N) is 1. The van der Waals surface area contributed by atoms with Crippen LogP contribution in [-0.4, -0.2) is 16.1 Å². The second kappa shape index (κ2) is 7.48. The maximum atomic E-state index is 12.3. The minimum atomic E-state index is -0.461. The molecule has 1 unspecified atom stereocenters. The molecular weight excluding hydrogens is 336 g/mol. The van der Waals surface area contributed by atoms with E-state index in [-0.39, 0.29) is 16.8 Å². The van der Waals surface area contributed by atoms with E-state index in [1.807, 2.05) is 12.1 Å². The minimum absolute atomic E-state index is 0.0131. The van der Waals surface area contributed by atoms with Crippen LogP contribution in [0.5, 0.6) is 0 Å². The van der Waals surface area contributed by atoms with Crippen LogP contribution in [0.25, 0.3) is 0 Å². The van der Waals surface area contributed by atoms with Gasteiger partial charge in [-0.25, -0.2) is 0 Å². The molecule has 120 valence electrons. The first kappa shape index (κ1) is 17.3. The van der Waals surface area contributed by atoms with E-state index < -0.39 is 4.92 Å². The van der Waals surface area contributed by atoms with Crippen molar-refractivity contribution in [3.05, 3.63) is 63.2 Å². The fraction of sp³-hybridized carbons (Fsp3) is 0.188. The molecule has 1 atom stereocenters. The van der Waals surface area contributed by atoms with Crippen molar-refractivity contribution in [2.24, 2.45) is 0 Å². The van der Waals surface area contributed by atoms with Crippen LogP contribution in [0.1, 0.15) is 12.5 Å². The van der Waals surface area contributed by atoms with Crippen LogP contribution in [-0.2, 0) is 4.79 Å². The number of rotatable bonds is 5. The highest BCUT2D eigenvalue weighted by Gasteiger charge is 2.18. The smallest absolute Gasteiger partial charge is 0.274 e. The van der Waals surface area contributed by atoms with Gasteiger partial charge in [0.1, 0.15) is 0 Å². The Hall–Kier alpha value is -2.05. The SMILES string of the molecule is Cc1c(NC(=O)C(C)Sc2ccc(Cl)cc2)cccc1[N+](=O)[O-]. The molecule has 1 amide bonds. The van der Waals surface area contributed by atoms with Crippen LogP contribution < -0.4 is 5.32 Å². The highest BCUT2D eigenvalue weighted by molar-refractivity contribution is 8.00. The molecule has 0 saturated heterocycles. The molecule has 2 aromatic rings. The average Bonchev–Trinajstić information content (AvgIpc) is 2.51. The molecule has 0 saturated carbocycles. The van der Waals surface area contributed by atoms with Gasteiger partial charge in [-0.2, -0.15) is 0 Å². The van der Waals surface area contributed by atoms with Crippen molar-refractivity contribution in [2.45, 2.75) is 24.0 Å². The first-order valence-electron chi connectivity index (χ1n) is 6.85.